The van der Waals surface area contributed by atoms with Crippen molar-refractivity contribution in [2.75, 3.05) is 38.2 Å². The predicted octanol–water partition coefficient (Wildman–Crippen LogP) is 5.39. The monoisotopic (exact) mass is 485 g/mol. The van der Waals surface area contributed by atoms with E-state index in [9.17, 15) is 4.79 Å². The van der Waals surface area contributed by atoms with Crippen molar-refractivity contribution < 1.29 is 14.3 Å². The second kappa shape index (κ2) is 9.38. The normalized spacial score (nSPS) is 28.3. The Morgan fingerprint density at radius 3 is 2.62 bits per heavy atom. The van der Waals surface area contributed by atoms with Gasteiger partial charge in [0.25, 0.3) is 0 Å². The number of pyridine rings is 1. The molecule has 0 spiro atoms. The van der Waals surface area contributed by atoms with Crippen molar-refractivity contribution in [3.63, 3.8) is 0 Å². The molecule has 2 aromatic rings. The van der Waals surface area contributed by atoms with Crippen molar-refractivity contribution in [3.05, 3.63) is 35.0 Å². The van der Waals surface area contributed by atoms with Crippen LogP contribution >= 0.6 is 11.6 Å². The number of benzene rings is 1. The summed E-state index contributed by atoms with van der Waals surface area (Å²) in [5, 5.41) is 5.91. The van der Waals surface area contributed by atoms with Crippen molar-refractivity contribution in [1.29, 1.82) is 0 Å². The van der Waals surface area contributed by atoms with Gasteiger partial charge in [-0.25, -0.2) is 4.98 Å². The lowest BCUT2D eigenvalue weighted by atomic mass is 9.85. The zero-order chi connectivity index (χ0) is 23.9. The van der Waals surface area contributed by atoms with Crippen LogP contribution in [0.5, 0.6) is 0 Å². The molecule has 34 heavy (non-hydrogen) atoms. The fraction of sp³-hybridized carbons (Fsp3) is 0.630. The first-order valence-corrected chi connectivity index (χ1v) is 13.0. The van der Waals surface area contributed by atoms with Gasteiger partial charge in [0.05, 0.1) is 12.2 Å². The number of hydrogen-bond acceptors (Lipinski definition) is 5. The van der Waals surface area contributed by atoms with Gasteiger partial charge in [-0.2, -0.15) is 0 Å². The highest BCUT2D eigenvalue weighted by Crippen LogP contribution is 2.38. The van der Waals surface area contributed by atoms with E-state index in [1.54, 1.807) is 6.20 Å². The lowest BCUT2D eigenvalue weighted by Crippen LogP contribution is -2.50. The third kappa shape index (κ3) is 4.97. The first-order valence-electron chi connectivity index (χ1n) is 12.6. The molecule has 3 aliphatic rings. The van der Waals surface area contributed by atoms with Crippen LogP contribution in [0.2, 0.25) is 5.02 Å². The number of nitrogens with one attached hydrogen (secondary N) is 1. The zero-order valence-electron chi connectivity index (χ0n) is 20.5. The molecule has 5 rings (SSSR count). The Bertz CT molecular complexity index is 1060. The number of hydrogen-bond donors (Lipinski definition) is 1. The van der Waals surface area contributed by atoms with Crippen molar-refractivity contribution in [1.82, 2.24) is 9.88 Å². The van der Waals surface area contributed by atoms with Crippen molar-refractivity contribution in [2.45, 2.75) is 69.9 Å². The number of likely N-dealkylation sites (tertiary alicyclic amines) is 1. The number of carbonyl (C=O) groups is 1. The van der Waals surface area contributed by atoms with E-state index in [0.29, 0.717) is 18.3 Å². The van der Waals surface area contributed by atoms with Crippen molar-refractivity contribution in [3.8, 4) is 0 Å². The van der Waals surface area contributed by atoms with E-state index in [0.717, 1.165) is 74.2 Å². The van der Waals surface area contributed by atoms with E-state index >= 15 is 0 Å². The summed E-state index contributed by atoms with van der Waals surface area (Å²) in [5.41, 5.74) is 1.12. The van der Waals surface area contributed by atoms with Gasteiger partial charge in [-0.3, -0.25) is 9.69 Å². The second-order valence-corrected chi connectivity index (χ2v) is 11.5. The number of carbonyl (C=O) groups excluding carboxylic acids is 1. The van der Waals surface area contributed by atoms with E-state index in [-0.39, 0.29) is 23.0 Å². The molecule has 184 valence electrons. The molecule has 1 amide bonds. The first-order chi connectivity index (χ1) is 16.2. The largest absolute Gasteiger partial charge is 0.379 e. The number of fused-ring (bicyclic) bond motifs is 1. The Morgan fingerprint density at radius 1 is 1.12 bits per heavy atom. The van der Waals surface area contributed by atoms with Gasteiger partial charge in [-0.1, -0.05) is 11.6 Å². The summed E-state index contributed by atoms with van der Waals surface area (Å²) in [4.78, 5) is 20.0. The van der Waals surface area contributed by atoms with E-state index in [4.69, 9.17) is 21.1 Å². The number of aromatic nitrogens is 1. The summed E-state index contributed by atoms with van der Waals surface area (Å²) >= 11 is 6.74. The van der Waals surface area contributed by atoms with Gasteiger partial charge in [0.1, 0.15) is 5.82 Å². The molecule has 3 fully saturated rings. The standard InChI is InChI=1S/C27H36ClN3O3/c1-26(2)15-19(6-10-34-26)25(32)30-24-14-20-12-22(23(28)13-21(20)16-29-24)18-4-8-31(9-5-18)27(3)7-11-33-17-27/h12-14,16,18-19H,4-11,15,17H2,1-3H3,(H,29,30,32)/t19-,27+/m0/s1. The first kappa shape index (κ1) is 24.0. The van der Waals surface area contributed by atoms with Gasteiger partial charge in [-0.15, -0.1) is 0 Å². The van der Waals surface area contributed by atoms with E-state index in [1.165, 1.54) is 5.56 Å². The van der Waals surface area contributed by atoms with Crippen LogP contribution in [0.25, 0.3) is 10.8 Å². The van der Waals surface area contributed by atoms with Crippen LogP contribution in [-0.4, -0.2) is 59.8 Å². The Balaban J connectivity index is 1.30. The minimum absolute atomic E-state index is 0.0224. The fourth-order valence-corrected chi connectivity index (χ4v) is 6.21. The van der Waals surface area contributed by atoms with Crippen molar-refractivity contribution >= 4 is 34.1 Å². The molecule has 6 nitrogen and oxygen atoms in total. The molecule has 0 saturated carbocycles. The van der Waals surface area contributed by atoms with Gasteiger partial charge < -0.3 is 14.8 Å². The van der Waals surface area contributed by atoms with Crippen LogP contribution in [0.15, 0.2) is 24.4 Å². The number of ether oxygens (including phenoxy) is 2. The third-order valence-corrected chi connectivity index (χ3v) is 8.38. The second-order valence-electron chi connectivity index (χ2n) is 11.1. The quantitative estimate of drug-likeness (QED) is 0.629. The van der Waals surface area contributed by atoms with Gasteiger partial charge in [0.2, 0.25) is 5.91 Å². The Morgan fingerprint density at radius 2 is 1.91 bits per heavy atom. The molecule has 2 atom stereocenters. The number of halogens is 1. The van der Waals surface area contributed by atoms with Crippen LogP contribution in [0.3, 0.4) is 0 Å². The van der Waals surface area contributed by atoms with Gasteiger partial charge in [0, 0.05) is 41.3 Å². The van der Waals surface area contributed by atoms with E-state index in [2.05, 4.69) is 28.2 Å². The molecule has 0 radical (unpaired) electrons. The summed E-state index contributed by atoms with van der Waals surface area (Å²) in [5.74, 6) is 1.00. The molecule has 3 saturated heterocycles. The highest BCUT2D eigenvalue weighted by Gasteiger charge is 2.38. The molecule has 1 aromatic heterocycles. The summed E-state index contributed by atoms with van der Waals surface area (Å²) < 4.78 is 11.4. The third-order valence-electron chi connectivity index (χ3n) is 8.05. The average molecular weight is 486 g/mol. The number of anilines is 1. The van der Waals surface area contributed by atoms with Crippen LogP contribution in [0.1, 0.15) is 64.4 Å². The lowest BCUT2D eigenvalue weighted by molar-refractivity contribution is -0.130. The molecule has 3 aliphatic heterocycles. The molecule has 4 heterocycles. The van der Waals surface area contributed by atoms with Gasteiger partial charge in [-0.05, 0) is 101 Å². The molecular weight excluding hydrogens is 450 g/mol. The topological polar surface area (TPSA) is 63.7 Å². The van der Waals surface area contributed by atoms with E-state index in [1.807, 2.05) is 26.0 Å². The molecule has 1 aromatic carbocycles. The minimum atomic E-state index is -0.263. The Kier molecular flexibility index (Phi) is 6.62. The number of amides is 1. The van der Waals surface area contributed by atoms with Crippen LogP contribution in [0, 0.1) is 5.92 Å². The molecule has 0 bridgehead atoms. The van der Waals surface area contributed by atoms with Crippen LogP contribution in [-0.2, 0) is 14.3 Å². The number of piperidine rings is 1. The maximum absolute atomic E-state index is 12.9. The smallest absolute Gasteiger partial charge is 0.228 e. The zero-order valence-corrected chi connectivity index (χ0v) is 21.3. The van der Waals surface area contributed by atoms with Gasteiger partial charge in [0.15, 0.2) is 0 Å². The summed E-state index contributed by atoms with van der Waals surface area (Å²) in [7, 11) is 0. The van der Waals surface area contributed by atoms with Gasteiger partial charge >= 0.3 is 0 Å². The summed E-state index contributed by atoms with van der Waals surface area (Å²) in [6.45, 7) is 10.9. The molecule has 1 N–H and O–H groups in total. The van der Waals surface area contributed by atoms with Crippen LogP contribution < -0.4 is 5.32 Å². The van der Waals surface area contributed by atoms with Crippen molar-refractivity contribution in [2.24, 2.45) is 5.92 Å². The Hall–Kier alpha value is -1.73. The SMILES string of the molecule is CC1(C)C[C@@H](C(=O)Nc2cc3cc(C4CCN([C@]5(C)CCOC5)CC4)c(Cl)cc3cn2)CCO1. The van der Waals surface area contributed by atoms with E-state index < -0.39 is 0 Å². The molecular formula is C27H36ClN3O3. The van der Waals surface area contributed by atoms with Crippen LogP contribution in [0.4, 0.5) is 5.82 Å². The summed E-state index contributed by atoms with van der Waals surface area (Å²) in [6.07, 6.45) is 6.56. The summed E-state index contributed by atoms with van der Waals surface area (Å²) in [6, 6.07) is 6.20. The molecule has 0 unspecified atom stereocenters. The number of rotatable bonds is 4. The Labute approximate surface area is 207 Å². The highest BCUT2D eigenvalue weighted by molar-refractivity contribution is 6.32. The average Bonchev–Trinajstić information content (AvgIpc) is 3.26. The minimum Gasteiger partial charge on any atom is -0.379 e. The maximum atomic E-state index is 12.9. The molecule has 7 heteroatoms. The highest BCUT2D eigenvalue weighted by atomic mass is 35.5. The molecule has 0 aliphatic carbocycles. The predicted molar refractivity (Wildman–Crippen MR) is 136 cm³/mol. The number of nitrogens with zero attached hydrogens (tertiary/aromatic N) is 2. The lowest BCUT2D eigenvalue weighted by Gasteiger charge is -2.42. The fourth-order valence-electron chi connectivity index (χ4n) is 5.88. The maximum Gasteiger partial charge on any atom is 0.228 e.